The largest absolute Gasteiger partial charge is 0.434 e. The lowest BCUT2D eigenvalue weighted by molar-refractivity contribution is -0.140. The SMILES string of the molecule is CCNC(=NCCc1nc(C(F)(F)F)cs1)NCCc1ccc(S(N)(=O)=O)cc1.I. The summed E-state index contributed by atoms with van der Waals surface area (Å²) in [4.78, 5) is 7.98. The standard InChI is InChI=1S/C17H22F3N5O2S2.HI/c1-2-22-16(24-10-8-15-25-14(11-28-15)17(18,19)20)23-9-7-12-3-5-13(6-4-12)29(21,26)27;/h3-6,11H,2,7-10H2,1H3,(H2,21,26,27)(H2,22,23,24);1H. The minimum Gasteiger partial charge on any atom is -0.357 e. The number of sulfonamides is 1. The molecule has 30 heavy (non-hydrogen) atoms. The molecule has 0 saturated heterocycles. The molecule has 0 fully saturated rings. The van der Waals surface area contributed by atoms with Crippen LogP contribution in [0.25, 0.3) is 0 Å². The van der Waals surface area contributed by atoms with E-state index in [1.807, 2.05) is 6.92 Å². The number of nitrogens with zero attached hydrogens (tertiary/aromatic N) is 2. The van der Waals surface area contributed by atoms with Crippen molar-refractivity contribution in [2.45, 2.75) is 30.8 Å². The molecule has 0 spiro atoms. The van der Waals surface area contributed by atoms with Crippen LogP contribution < -0.4 is 15.8 Å². The van der Waals surface area contributed by atoms with Gasteiger partial charge >= 0.3 is 6.18 Å². The van der Waals surface area contributed by atoms with Crippen LogP contribution in [0.5, 0.6) is 0 Å². The topological polar surface area (TPSA) is 109 Å². The molecule has 0 radical (unpaired) electrons. The van der Waals surface area contributed by atoms with Gasteiger partial charge in [-0.05, 0) is 31.0 Å². The molecule has 0 unspecified atom stereocenters. The van der Waals surface area contributed by atoms with Crippen LogP contribution in [0.15, 0.2) is 39.5 Å². The van der Waals surface area contributed by atoms with Gasteiger partial charge < -0.3 is 10.6 Å². The van der Waals surface area contributed by atoms with Crippen LogP contribution in [0.4, 0.5) is 13.2 Å². The highest BCUT2D eigenvalue weighted by molar-refractivity contribution is 14.0. The average Bonchev–Trinajstić information content (AvgIpc) is 3.11. The maximum Gasteiger partial charge on any atom is 0.434 e. The Balaban J connectivity index is 0.00000450. The molecule has 0 amide bonds. The lowest BCUT2D eigenvalue weighted by atomic mass is 10.1. The summed E-state index contributed by atoms with van der Waals surface area (Å²) in [5, 5.41) is 12.6. The van der Waals surface area contributed by atoms with E-state index < -0.39 is 21.9 Å². The second-order valence-electron chi connectivity index (χ2n) is 6.00. The average molecular weight is 577 g/mol. The Hall–Kier alpha value is -1.45. The van der Waals surface area contributed by atoms with E-state index >= 15 is 0 Å². The highest BCUT2D eigenvalue weighted by Crippen LogP contribution is 2.30. The van der Waals surface area contributed by atoms with Crippen LogP contribution in [0.3, 0.4) is 0 Å². The zero-order valence-corrected chi connectivity index (χ0v) is 20.0. The molecular formula is C17H23F3IN5O2S2. The van der Waals surface area contributed by atoms with Gasteiger partial charge in [0.1, 0.15) is 0 Å². The minimum atomic E-state index is -4.43. The fraction of sp³-hybridized carbons (Fsp3) is 0.412. The van der Waals surface area contributed by atoms with Gasteiger partial charge in [0.05, 0.1) is 9.90 Å². The number of nitrogens with one attached hydrogen (secondary N) is 2. The summed E-state index contributed by atoms with van der Waals surface area (Å²) in [6.45, 7) is 3.36. The fourth-order valence-corrected chi connectivity index (χ4v) is 3.64. The van der Waals surface area contributed by atoms with Crippen molar-refractivity contribution < 1.29 is 21.6 Å². The van der Waals surface area contributed by atoms with E-state index in [2.05, 4.69) is 20.6 Å². The third kappa shape index (κ3) is 8.73. The van der Waals surface area contributed by atoms with Crippen molar-refractivity contribution in [3.63, 3.8) is 0 Å². The van der Waals surface area contributed by atoms with Crippen molar-refractivity contribution in [3.05, 3.63) is 45.9 Å². The first-order chi connectivity index (χ1) is 13.6. The van der Waals surface area contributed by atoms with Crippen molar-refractivity contribution in [2.24, 2.45) is 10.1 Å². The van der Waals surface area contributed by atoms with E-state index in [1.54, 1.807) is 12.1 Å². The second kappa shape index (κ2) is 11.8. The van der Waals surface area contributed by atoms with Crippen LogP contribution in [0.2, 0.25) is 0 Å². The number of aromatic nitrogens is 1. The number of hydrogen-bond donors (Lipinski definition) is 3. The first-order valence-corrected chi connectivity index (χ1v) is 11.2. The quantitative estimate of drug-likeness (QED) is 0.254. The number of alkyl halides is 3. The molecule has 0 aliphatic heterocycles. The van der Waals surface area contributed by atoms with E-state index in [9.17, 15) is 21.6 Å². The number of aliphatic imine (C=N–C) groups is 1. The van der Waals surface area contributed by atoms with Gasteiger partial charge in [0.2, 0.25) is 10.0 Å². The van der Waals surface area contributed by atoms with Crippen molar-refractivity contribution in [1.82, 2.24) is 15.6 Å². The predicted molar refractivity (Wildman–Crippen MR) is 122 cm³/mol. The number of hydrogen-bond acceptors (Lipinski definition) is 5. The van der Waals surface area contributed by atoms with Crippen LogP contribution in [-0.2, 0) is 29.0 Å². The third-order valence-corrected chi connectivity index (χ3v) is 5.58. The molecular weight excluding hydrogens is 554 g/mol. The number of halogens is 4. The number of primary sulfonamides is 1. The summed E-state index contributed by atoms with van der Waals surface area (Å²) in [5.74, 6) is 0.543. The van der Waals surface area contributed by atoms with Crippen LogP contribution >= 0.6 is 35.3 Å². The molecule has 0 saturated carbocycles. The summed E-state index contributed by atoms with van der Waals surface area (Å²) in [5.41, 5.74) is 0.0446. The highest BCUT2D eigenvalue weighted by atomic mass is 127. The Labute approximate surface area is 194 Å². The summed E-state index contributed by atoms with van der Waals surface area (Å²) in [7, 11) is -3.71. The molecule has 1 heterocycles. The Morgan fingerprint density at radius 1 is 1.20 bits per heavy atom. The molecule has 2 aromatic rings. The Morgan fingerprint density at radius 3 is 2.40 bits per heavy atom. The lowest BCUT2D eigenvalue weighted by Gasteiger charge is -2.11. The second-order valence-corrected chi connectivity index (χ2v) is 8.50. The van der Waals surface area contributed by atoms with Gasteiger partial charge in [-0.25, -0.2) is 18.5 Å². The number of thiazole rings is 1. The van der Waals surface area contributed by atoms with E-state index in [1.165, 1.54) is 12.1 Å². The van der Waals surface area contributed by atoms with Gasteiger partial charge in [-0.3, -0.25) is 4.99 Å². The van der Waals surface area contributed by atoms with Gasteiger partial charge in [-0.15, -0.1) is 35.3 Å². The Morgan fingerprint density at radius 2 is 1.87 bits per heavy atom. The van der Waals surface area contributed by atoms with Crippen molar-refractivity contribution in [1.29, 1.82) is 0 Å². The first-order valence-electron chi connectivity index (χ1n) is 8.75. The van der Waals surface area contributed by atoms with Crippen molar-refractivity contribution in [3.8, 4) is 0 Å². The van der Waals surface area contributed by atoms with Crippen molar-refractivity contribution >= 4 is 51.3 Å². The molecule has 0 aliphatic rings. The van der Waals surface area contributed by atoms with E-state index in [0.29, 0.717) is 43.4 Å². The highest BCUT2D eigenvalue weighted by Gasteiger charge is 2.33. The fourth-order valence-electron chi connectivity index (χ4n) is 2.33. The maximum atomic E-state index is 12.6. The zero-order chi connectivity index (χ0) is 21.5. The van der Waals surface area contributed by atoms with Crippen LogP contribution in [-0.4, -0.2) is 39.0 Å². The molecule has 0 atom stereocenters. The number of benzene rings is 1. The molecule has 2 rings (SSSR count). The molecule has 0 aliphatic carbocycles. The summed E-state index contributed by atoms with van der Waals surface area (Å²) in [6.07, 6.45) is -3.50. The molecule has 0 bridgehead atoms. The minimum absolute atomic E-state index is 0. The van der Waals surface area contributed by atoms with Crippen LogP contribution in [0, 0.1) is 0 Å². The summed E-state index contributed by atoms with van der Waals surface area (Å²) in [6, 6.07) is 6.28. The zero-order valence-electron chi connectivity index (χ0n) is 16.1. The number of nitrogens with two attached hydrogens (primary N) is 1. The maximum absolute atomic E-state index is 12.6. The van der Waals surface area contributed by atoms with Gasteiger partial charge in [0.25, 0.3) is 0 Å². The summed E-state index contributed by atoms with van der Waals surface area (Å²) < 4.78 is 60.2. The van der Waals surface area contributed by atoms with Crippen LogP contribution in [0.1, 0.15) is 23.2 Å². The van der Waals surface area contributed by atoms with Gasteiger partial charge in [0.15, 0.2) is 11.7 Å². The molecule has 1 aromatic carbocycles. The smallest absolute Gasteiger partial charge is 0.357 e. The molecule has 7 nitrogen and oxygen atoms in total. The summed E-state index contributed by atoms with van der Waals surface area (Å²) >= 11 is 0.966. The van der Waals surface area contributed by atoms with E-state index in [-0.39, 0.29) is 28.9 Å². The predicted octanol–water partition coefficient (Wildman–Crippen LogP) is 2.77. The third-order valence-electron chi connectivity index (χ3n) is 3.74. The molecule has 13 heteroatoms. The monoisotopic (exact) mass is 577 g/mol. The van der Waals surface area contributed by atoms with Gasteiger partial charge in [-0.2, -0.15) is 13.2 Å². The van der Waals surface area contributed by atoms with E-state index in [4.69, 9.17) is 5.14 Å². The molecule has 168 valence electrons. The van der Waals surface area contributed by atoms with Gasteiger partial charge in [0, 0.05) is 31.4 Å². The van der Waals surface area contributed by atoms with Crippen molar-refractivity contribution in [2.75, 3.05) is 19.6 Å². The normalized spacial score (nSPS) is 12.4. The van der Waals surface area contributed by atoms with Gasteiger partial charge in [-0.1, -0.05) is 12.1 Å². The molecule has 4 N–H and O–H groups in total. The Kier molecular flexibility index (Phi) is 10.5. The number of rotatable bonds is 8. The Bertz CT molecular complexity index is 932. The molecule has 1 aromatic heterocycles. The van der Waals surface area contributed by atoms with E-state index in [0.717, 1.165) is 22.3 Å². The lowest BCUT2D eigenvalue weighted by Crippen LogP contribution is -2.38. The first kappa shape index (κ1) is 26.6. The number of guanidine groups is 1.